The van der Waals surface area contributed by atoms with Gasteiger partial charge in [0, 0.05) is 6.07 Å². The molecular weight excluding hydrogens is 296 g/mol. The zero-order valence-corrected chi connectivity index (χ0v) is 13.0. The van der Waals surface area contributed by atoms with Gasteiger partial charge in [0.2, 0.25) is 12.3 Å². The lowest BCUT2D eigenvalue weighted by Gasteiger charge is -2.13. The summed E-state index contributed by atoms with van der Waals surface area (Å²) >= 11 is 0. The van der Waals surface area contributed by atoms with Crippen LogP contribution >= 0.6 is 0 Å². The number of hydrogen-bond donors (Lipinski definition) is 2. The molecule has 23 heavy (non-hydrogen) atoms. The van der Waals surface area contributed by atoms with Crippen LogP contribution in [-0.2, 0) is 9.59 Å². The number of methoxy groups -OCH3 is 1. The van der Waals surface area contributed by atoms with E-state index in [2.05, 4.69) is 10.6 Å². The molecule has 120 valence electrons. The number of rotatable bonds is 7. The average molecular weight is 314 g/mol. The summed E-state index contributed by atoms with van der Waals surface area (Å²) in [5.41, 5.74) is 1.52. The van der Waals surface area contributed by atoms with Crippen molar-refractivity contribution in [3.05, 3.63) is 48.0 Å². The highest BCUT2D eigenvalue weighted by molar-refractivity contribution is 5.94. The van der Waals surface area contributed by atoms with Crippen LogP contribution in [0.25, 0.3) is 0 Å². The number of anilines is 1. The molecule has 2 aromatic rings. The third kappa shape index (κ3) is 4.74. The van der Waals surface area contributed by atoms with Gasteiger partial charge in [-0.15, -0.1) is 0 Å². The molecule has 2 amide bonds. The molecule has 0 atom stereocenters. The molecule has 2 aromatic carbocycles. The number of hydrogen-bond acceptors (Lipinski definition) is 4. The van der Waals surface area contributed by atoms with E-state index in [9.17, 15) is 9.59 Å². The largest absolute Gasteiger partial charge is 0.497 e. The van der Waals surface area contributed by atoms with Gasteiger partial charge >= 0.3 is 0 Å². The van der Waals surface area contributed by atoms with Crippen LogP contribution < -0.4 is 20.1 Å². The van der Waals surface area contributed by atoms with Crippen LogP contribution in [0.15, 0.2) is 42.5 Å². The topological polar surface area (TPSA) is 76.7 Å². The molecule has 0 aromatic heterocycles. The van der Waals surface area contributed by atoms with E-state index in [1.54, 1.807) is 31.4 Å². The van der Waals surface area contributed by atoms with Crippen LogP contribution in [0.4, 0.5) is 5.69 Å². The maximum Gasteiger partial charge on any atom is 0.243 e. The first-order valence-electron chi connectivity index (χ1n) is 7.02. The molecular formula is C17H18N2O4. The second-order valence-electron chi connectivity index (χ2n) is 4.83. The van der Waals surface area contributed by atoms with Gasteiger partial charge in [-0.25, -0.2) is 0 Å². The van der Waals surface area contributed by atoms with Crippen molar-refractivity contribution in [1.29, 1.82) is 0 Å². The van der Waals surface area contributed by atoms with E-state index < -0.39 is 0 Å². The fourth-order valence-corrected chi connectivity index (χ4v) is 2.01. The molecule has 2 N–H and O–H groups in total. The Bertz CT molecular complexity index is 701. The number of carbonyl (C=O) groups is 2. The monoisotopic (exact) mass is 314 g/mol. The van der Waals surface area contributed by atoms with Crippen molar-refractivity contribution in [3.8, 4) is 17.2 Å². The standard InChI is InChI=1S/C17H18N2O4/c1-12-7-13(22-2)9-14(8-12)23-16-6-4-3-5-15(16)19-17(21)10-18-11-20/h3-9,11H,10H2,1-2H3,(H,18,20)(H,19,21). The van der Waals surface area contributed by atoms with Gasteiger partial charge in [0.05, 0.1) is 19.3 Å². The molecule has 6 nitrogen and oxygen atoms in total. The maximum absolute atomic E-state index is 11.7. The maximum atomic E-state index is 11.7. The Morgan fingerprint density at radius 1 is 1.17 bits per heavy atom. The van der Waals surface area contributed by atoms with Crippen molar-refractivity contribution in [2.24, 2.45) is 0 Å². The van der Waals surface area contributed by atoms with Crippen molar-refractivity contribution in [2.45, 2.75) is 6.92 Å². The molecule has 0 spiro atoms. The summed E-state index contributed by atoms with van der Waals surface area (Å²) in [5, 5.41) is 5.00. The number of benzene rings is 2. The molecule has 0 heterocycles. The van der Waals surface area contributed by atoms with Gasteiger partial charge < -0.3 is 20.1 Å². The van der Waals surface area contributed by atoms with E-state index in [0.717, 1.165) is 5.56 Å². The zero-order chi connectivity index (χ0) is 16.7. The van der Waals surface area contributed by atoms with Crippen LogP contribution in [0.3, 0.4) is 0 Å². The fourth-order valence-electron chi connectivity index (χ4n) is 2.01. The number of para-hydroxylation sites is 2. The normalized spacial score (nSPS) is 9.83. The Hall–Kier alpha value is -3.02. The van der Waals surface area contributed by atoms with E-state index >= 15 is 0 Å². The molecule has 2 rings (SSSR count). The summed E-state index contributed by atoms with van der Waals surface area (Å²) < 4.78 is 11.1. The van der Waals surface area contributed by atoms with E-state index in [1.165, 1.54) is 0 Å². The number of ether oxygens (including phenoxy) is 2. The summed E-state index contributed by atoms with van der Waals surface area (Å²) in [6.45, 7) is 1.84. The molecule has 0 aliphatic rings. The SMILES string of the molecule is COc1cc(C)cc(Oc2ccccc2NC(=O)CNC=O)c1. The highest BCUT2D eigenvalue weighted by atomic mass is 16.5. The average Bonchev–Trinajstić information content (AvgIpc) is 2.54. The van der Waals surface area contributed by atoms with Crippen molar-refractivity contribution in [2.75, 3.05) is 19.0 Å². The predicted octanol–water partition coefficient (Wildman–Crippen LogP) is 2.48. The lowest BCUT2D eigenvalue weighted by molar-refractivity contribution is -0.118. The Kier molecular flexibility index (Phi) is 5.57. The molecule has 0 aliphatic heterocycles. The van der Waals surface area contributed by atoms with Gasteiger partial charge in [-0.3, -0.25) is 9.59 Å². The molecule has 0 bridgehead atoms. The predicted molar refractivity (Wildman–Crippen MR) is 86.9 cm³/mol. The van der Waals surface area contributed by atoms with Gasteiger partial charge in [0.1, 0.15) is 11.5 Å². The van der Waals surface area contributed by atoms with Gasteiger partial charge in [-0.05, 0) is 36.8 Å². The second-order valence-corrected chi connectivity index (χ2v) is 4.83. The van der Waals surface area contributed by atoms with Gasteiger partial charge in [0.25, 0.3) is 0 Å². The molecule has 0 saturated carbocycles. The van der Waals surface area contributed by atoms with E-state index in [0.29, 0.717) is 29.3 Å². The molecule has 0 aliphatic carbocycles. The number of carbonyl (C=O) groups excluding carboxylic acids is 2. The van der Waals surface area contributed by atoms with Crippen molar-refractivity contribution >= 4 is 18.0 Å². The van der Waals surface area contributed by atoms with Gasteiger partial charge in [-0.1, -0.05) is 12.1 Å². The molecule has 6 heteroatoms. The highest BCUT2D eigenvalue weighted by Gasteiger charge is 2.09. The molecule has 0 fully saturated rings. The summed E-state index contributed by atoms with van der Waals surface area (Å²) in [6, 6.07) is 12.6. The minimum Gasteiger partial charge on any atom is -0.497 e. The first kappa shape index (κ1) is 16.4. The number of aryl methyl sites for hydroxylation is 1. The Morgan fingerprint density at radius 2 is 1.91 bits per heavy atom. The zero-order valence-electron chi connectivity index (χ0n) is 13.0. The number of nitrogens with one attached hydrogen (secondary N) is 2. The lowest BCUT2D eigenvalue weighted by atomic mass is 10.2. The Labute approximate surface area is 134 Å². The third-order valence-corrected chi connectivity index (χ3v) is 2.99. The van der Waals surface area contributed by atoms with Gasteiger partial charge in [-0.2, -0.15) is 0 Å². The lowest BCUT2D eigenvalue weighted by Crippen LogP contribution is -2.27. The van der Waals surface area contributed by atoms with E-state index in [-0.39, 0.29) is 12.5 Å². The van der Waals surface area contributed by atoms with Crippen LogP contribution in [-0.4, -0.2) is 26.0 Å². The van der Waals surface area contributed by atoms with E-state index in [1.807, 2.05) is 25.1 Å². The van der Waals surface area contributed by atoms with Crippen molar-refractivity contribution in [3.63, 3.8) is 0 Å². The van der Waals surface area contributed by atoms with Gasteiger partial charge in [0.15, 0.2) is 5.75 Å². The Morgan fingerprint density at radius 3 is 2.65 bits per heavy atom. The second kappa shape index (κ2) is 7.84. The van der Waals surface area contributed by atoms with Crippen LogP contribution in [0, 0.1) is 6.92 Å². The quantitative estimate of drug-likeness (QED) is 0.770. The summed E-state index contributed by atoms with van der Waals surface area (Å²) in [4.78, 5) is 22.0. The highest BCUT2D eigenvalue weighted by Crippen LogP contribution is 2.31. The van der Waals surface area contributed by atoms with Crippen LogP contribution in [0.1, 0.15) is 5.56 Å². The summed E-state index contributed by atoms with van der Waals surface area (Å²) in [7, 11) is 1.59. The smallest absolute Gasteiger partial charge is 0.243 e. The molecule has 0 saturated heterocycles. The van der Waals surface area contributed by atoms with E-state index in [4.69, 9.17) is 9.47 Å². The van der Waals surface area contributed by atoms with Crippen LogP contribution in [0.2, 0.25) is 0 Å². The molecule has 0 unspecified atom stereocenters. The summed E-state index contributed by atoms with van der Waals surface area (Å²) in [6.07, 6.45) is 0.473. The van der Waals surface area contributed by atoms with Crippen LogP contribution in [0.5, 0.6) is 17.2 Å². The fraction of sp³-hybridized carbons (Fsp3) is 0.176. The molecule has 0 radical (unpaired) electrons. The van der Waals surface area contributed by atoms with Crippen molar-refractivity contribution < 1.29 is 19.1 Å². The van der Waals surface area contributed by atoms with Crippen molar-refractivity contribution in [1.82, 2.24) is 5.32 Å². The first-order chi connectivity index (χ1) is 11.1. The number of amides is 2. The minimum absolute atomic E-state index is 0.101. The summed E-state index contributed by atoms with van der Waals surface area (Å²) in [5.74, 6) is 1.46. The Balaban J connectivity index is 2.18. The third-order valence-electron chi connectivity index (χ3n) is 2.99. The minimum atomic E-state index is -0.338. The first-order valence-corrected chi connectivity index (χ1v) is 7.02.